The Kier molecular flexibility index (Phi) is 11.1. The number of rotatable bonds is 16. The van der Waals surface area contributed by atoms with Gasteiger partial charge < -0.3 is 4.90 Å². The number of nitrogens with zero attached hydrogens (tertiary/aromatic N) is 2. The molecule has 0 saturated carbocycles. The standard InChI is InChI=1S/C47H61N2/c1-7-9-11-13-15-21-34-48-40-32-30-36-24-17-19-26-38(36)44(40)46(3,4)42(48)28-23-29-43-47(5,6)45-39-27-20-18-25-37(39)31-33-41(45)49(43)35-22-16-14-12-10-8-2/h17-20,23-33H,7-16,21-22,34-35H2,1-6H3/q+1. The van der Waals surface area contributed by atoms with Crippen LogP contribution in [0.15, 0.2) is 96.7 Å². The molecule has 0 atom stereocenters. The molecule has 0 saturated heterocycles. The number of benzene rings is 4. The third-order valence-electron chi connectivity index (χ3n) is 11.5. The summed E-state index contributed by atoms with van der Waals surface area (Å²) in [4.78, 5) is 2.66. The van der Waals surface area contributed by atoms with Crippen LogP contribution in [0.4, 0.5) is 11.4 Å². The average molecular weight is 654 g/mol. The van der Waals surface area contributed by atoms with Crippen molar-refractivity contribution >= 4 is 38.6 Å². The van der Waals surface area contributed by atoms with Gasteiger partial charge in [-0.1, -0.05) is 146 Å². The molecule has 2 aliphatic rings. The highest BCUT2D eigenvalue weighted by atomic mass is 15.2. The molecule has 2 aliphatic heterocycles. The predicted molar refractivity (Wildman–Crippen MR) is 215 cm³/mol. The molecule has 2 heterocycles. The average Bonchev–Trinajstić information content (AvgIpc) is 3.46. The van der Waals surface area contributed by atoms with E-state index in [0.29, 0.717) is 0 Å². The van der Waals surface area contributed by atoms with Gasteiger partial charge >= 0.3 is 0 Å². The quantitative estimate of drug-likeness (QED) is 0.0861. The number of anilines is 1. The van der Waals surface area contributed by atoms with Gasteiger partial charge in [0.1, 0.15) is 6.54 Å². The van der Waals surface area contributed by atoms with Gasteiger partial charge in [-0.2, -0.15) is 4.58 Å². The van der Waals surface area contributed by atoms with Crippen LogP contribution in [0.25, 0.3) is 21.5 Å². The number of unbranched alkanes of at least 4 members (excludes halogenated alkanes) is 10. The molecule has 258 valence electrons. The van der Waals surface area contributed by atoms with Crippen LogP contribution in [-0.4, -0.2) is 23.4 Å². The molecule has 6 rings (SSSR count). The summed E-state index contributed by atoms with van der Waals surface area (Å²) in [5.41, 5.74) is 8.42. The highest BCUT2D eigenvalue weighted by Gasteiger charge is 2.45. The first kappa shape index (κ1) is 35.2. The van der Waals surface area contributed by atoms with E-state index in [-0.39, 0.29) is 10.8 Å². The second kappa shape index (κ2) is 15.5. The minimum Gasteiger partial charge on any atom is -0.344 e. The van der Waals surface area contributed by atoms with E-state index in [1.807, 2.05) is 0 Å². The van der Waals surface area contributed by atoms with E-state index in [2.05, 4.69) is 142 Å². The lowest BCUT2D eigenvalue weighted by Gasteiger charge is -2.27. The first-order valence-electron chi connectivity index (χ1n) is 19.7. The van der Waals surface area contributed by atoms with Crippen molar-refractivity contribution in [2.75, 3.05) is 18.0 Å². The van der Waals surface area contributed by atoms with Crippen LogP contribution in [0, 0.1) is 0 Å². The second-order valence-corrected chi connectivity index (χ2v) is 15.7. The van der Waals surface area contributed by atoms with Crippen LogP contribution >= 0.6 is 0 Å². The van der Waals surface area contributed by atoms with Crippen molar-refractivity contribution in [1.82, 2.24) is 0 Å². The molecule has 0 fully saturated rings. The largest absolute Gasteiger partial charge is 0.344 e. The van der Waals surface area contributed by atoms with E-state index >= 15 is 0 Å². The van der Waals surface area contributed by atoms with Gasteiger partial charge in [-0.05, 0) is 72.0 Å². The molecule has 4 aromatic rings. The number of hydrogen-bond acceptors (Lipinski definition) is 1. The minimum atomic E-state index is -0.0874. The van der Waals surface area contributed by atoms with E-state index in [9.17, 15) is 0 Å². The first-order chi connectivity index (χ1) is 23.8. The van der Waals surface area contributed by atoms with Gasteiger partial charge in [-0.3, -0.25) is 0 Å². The molecule has 2 nitrogen and oxygen atoms in total. The Morgan fingerprint density at radius 1 is 0.592 bits per heavy atom. The molecule has 0 aliphatic carbocycles. The molecule has 2 heteroatoms. The fourth-order valence-electron chi connectivity index (χ4n) is 8.88. The van der Waals surface area contributed by atoms with E-state index in [4.69, 9.17) is 0 Å². The molecule has 0 bridgehead atoms. The zero-order valence-electron chi connectivity index (χ0n) is 31.5. The molecule has 4 aromatic carbocycles. The van der Waals surface area contributed by atoms with E-state index in [1.54, 1.807) is 0 Å². The summed E-state index contributed by atoms with van der Waals surface area (Å²) in [5, 5.41) is 5.46. The Morgan fingerprint density at radius 2 is 1.16 bits per heavy atom. The molecule has 0 aromatic heterocycles. The Labute approximate surface area is 297 Å². The van der Waals surface area contributed by atoms with Crippen molar-refractivity contribution in [2.45, 2.75) is 129 Å². The Bertz CT molecular complexity index is 1850. The predicted octanol–water partition coefficient (Wildman–Crippen LogP) is 13.3. The molecule has 0 amide bonds. The molecule has 49 heavy (non-hydrogen) atoms. The lowest BCUT2D eigenvalue weighted by atomic mass is 9.79. The Morgan fingerprint density at radius 3 is 1.84 bits per heavy atom. The summed E-state index contributed by atoms with van der Waals surface area (Å²) in [7, 11) is 0. The maximum absolute atomic E-state index is 2.66. The fourth-order valence-corrected chi connectivity index (χ4v) is 8.88. The van der Waals surface area contributed by atoms with E-state index in [1.165, 1.54) is 133 Å². The Balaban J connectivity index is 1.36. The van der Waals surface area contributed by atoms with Crippen molar-refractivity contribution in [3.8, 4) is 0 Å². The molecule has 0 unspecified atom stereocenters. The zero-order chi connectivity index (χ0) is 34.4. The number of fused-ring (bicyclic) bond motifs is 6. The van der Waals surface area contributed by atoms with Crippen LogP contribution in [0.5, 0.6) is 0 Å². The molecular formula is C47H61N2+. The third-order valence-corrected chi connectivity index (χ3v) is 11.5. The molecule has 0 radical (unpaired) electrons. The van der Waals surface area contributed by atoms with E-state index in [0.717, 1.165) is 13.1 Å². The van der Waals surface area contributed by atoms with Crippen LogP contribution < -0.4 is 4.90 Å². The minimum absolute atomic E-state index is 0.0874. The molecular weight excluding hydrogens is 593 g/mol. The topological polar surface area (TPSA) is 6.25 Å². The summed E-state index contributed by atoms with van der Waals surface area (Å²) in [5.74, 6) is 0. The lowest BCUT2D eigenvalue weighted by molar-refractivity contribution is -0.438. The normalized spacial score (nSPS) is 17.3. The summed E-state index contributed by atoms with van der Waals surface area (Å²) >= 11 is 0. The highest BCUT2D eigenvalue weighted by Crippen LogP contribution is 2.51. The van der Waals surface area contributed by atoms with Crippen LogP contribution in [0.3, 0.4) is 0 Å². The van der Waals surface area contributed by atoms with Gasteiger partial charge in [0.2, 0.25) is 5.69 Å². The summed E-state index contributed by atoms with van der Waals surface area (Å²) in [6.45, 7) is 16.5. The van der Waals surface area contributed by atoms with Crippen molar-refractivity contribution in [2.24, 2.45) is 0 Å². The highest BCUT2D eigenvalue weighted by molar-refractivity contribution is 6.07. The number of hydrogen-bond donors (Lipinski definition) is 0. The summed E-state index contributed by atoms with van der Waals surface area (Å²) in [6.07, 6.45) is 23.1. The monoisotopic (exact) mass is 653 g/mol. The second-order valence-electron chi connectivity index (χ2n) is 15.7. The lowest BCUT2D eigenvalue weighted by Crippen LogP contribution is -2.28. The van der Waals surface area contributed by atoms with Crippen LogP contribution in [-0.2, 0) is 10.8 Å². The smallest absolute Gasteiger partial charge is 0.210 e. The van der Waals surface area contributed by atoms with Crippen molar-refractivity contribution < 1.29 is 4.58 Å². The number of allylic oxidation sites excluding steroid dienone is 4. The molecule has 0 spiro atoms. The van der Waals surface area contributed by atoms with Gasteiger partial charge in [-0.15, -0.1) is 0 Å². The van der Waals surface area contributed by atoms with Gasteiger partial charge in [-0.25, -0.2) is 0 Å². The Hall–Kier alpha value is -3.65. The first-order valence-corrected chi connectivity index (χ1v) is 19.7. The fraction of sp³-hybridized carbons (Fsp3) is 0.468. The van der Waals surface area contributed by atoms with Gasteiger partial charge in [0.15, 0.2) is 5.71 Å². The van der Waals surface area contributed by atoms with Crippen molar-refractivity contribution in [3.63, 3.8) is 0 Å². The van der Waals surface area contributed by atoms with Crippen LogP contribution in [0.1, 0.15) is 130 Å². The maximum atomic E-state index is 2.66. The van der Waals surface area contributed by atoms with Gasteiger partial charge in [0.05, 0.1) is 5.41 Å². The third kappa shape index (κ3) is 7.03. The molecule has 0 N–H and O–H groups in total. The summed E-state index contributed by atoms with van der Waals surface area (Å²) in [6, 6.07) is 27.4. The SMILES string of the molecule is CCCCCCCCN1C(=CC=CC2=[N+](CCCCCCCC)c3ccc4ccccc4c3C2(C)C)C(C)(C)c2c1ccc1ccccc21. The van der Waals surface area contributed by atoms with E-state index < -0.39 is 0 Å². The van der Waals surface area contributed by atoms with Gasteiger partial charge in [0, 0.05) is 47.5 Å². The zero-order valence-corrected chi connectivity index (χ0v) is 31.5. The van der Waals surface area contributed by atoms with Gasteiger partial charge in [0.25, 0.3) is 0 Å². The van der Waals surface area contributed by atoms with Crippen molar-refractivity contribution in [3.05, 3.63) is 108 Å². The summed E-state index contributed by atoms with van der Waals surface area (Å²) < 4.78 is 2.66. The van der Waals surface area contributed by atoms with Crippen molar-refractivity contribution in [1.29, 1.82) is 0 Å². The maximum Gasteiger partial charge on any atom is 0.210 e. The van der Waals surface area contributed by atoms with Crippen LogP contribution in [0.2, 0.25) is 0 Å².